The molecule has 27 heavy (non-hydrogen) atoms. The van der Waals surface area contributed by atoms with Gasteiger partial charge in [0.2, 0.25) is 0 Å². The number of benzene rings is 1. The fourth-order valence-corrected chi connectivity index (χ4v) is 4.10. The first kappa shape index (κ1) is 18.2. The maximum Gasteiger partial charge on any atom is 0.268 e. The highest BCUT2D eigenvalue weighted by atomic mass is 19.1. The van der Waals surface area contributed by atoms with Crippen molar-refractivity contribution in [2.45, 2.75) is 38.5 Å². The first-order chi connectivity index (χ1) is 13.1. The number of ether oxygens (including phenoxy) is 1. The zero-order valence-corrected chi connectivity index (χ0v) is 15.7. The van der Waals surface area contributed by atoms with Crippen LogP contribution in [0.5, 0.6) is 0 Å². The zero-order chi connectivity index (χ0) is 18.8. The Hall–Kier alpha value is -2.18. The molecule has 1 N–H and O–H groups in total. The normalized spacial score (nSPS) is 19.9. The summed E-state index contributed by atoms with van der Waals surface area (Å²) in [5.74, 6) is -0.241. The largest absolute Gasteiger partial charge is 0.376 e. The van der Waals surface area contributed by atoms with Crippen molar-refractivity contribution in [1.29, 1.82) is 0 Å². The summed E-state index contributed by atoms with van der Waals surface area (Å²) >= 11 is 0. The Morgan fingerprint density at radius 1 is 1.37 bits per heavy atom. The van der Waals surface area contributed by atoms with Crippen LogP contribution in [-0.2, 0) is 31.3 Å². The van der Waals surface area contributed by atoms with E-state index in [0.717, 1.165) is 44.5 Å². The Morgan fingerprint density at radius 3 is 3.04 bits per heavy atom. The van der Waals surface area contributed by atoms with Crippen molar-refractivity contribution in [3.8, 4) is 0 Å². The summed E-state index contributed by atoms with van der Waals surface area (Å²) in [6.45, 7) is 3.75. The van der Waals surface area contributed by atoms with Gasteiger partial charge in [0.15, 0.2) is 0 Å². The van der Waals surface area contributed by atoms with E-state index >= 15 is 0 Å². The van der Waals surface area contributed by atoms with Gasteiger partial charge >= 0.3 is 0 Å². The Bertz CT molecular complexity index is 827. The fourth-order valence-electron chi connectivity index (χ4n) is 4.10. The molecule has 2 aromatic rings. The van der Waals surface area contributed by atoms with E-state index in [0.29, 0.717) is 18.8 Å². The number of fused-ring (bicyclic) bond motifs is 1. The van der Waals surface area contributed by atoms with Gasteiger partial charge in [0.1, 0.15) is 11.5 Å². The molecule has 0 unspecified atom stereocenters. The molecule has 3 heterocycles. The van der Waals surface area contributed by atoms with Crippen molar-refractivity contribution in [2.24, 2.45) is 7.05 Å². The maximum absolute atomic E-state index is 13.4. The number of hydrogen-bond donors (Lipinski definition) is 1. The van der Waals surface area contributed by atoms with E-state index in [1.54, 1.807) is 12.1 Å². The van der Waals surface area contributed by atoms with Crippen molar-refractivity contribution in [3.63, 3.8) is 0 Å². The van der Waals surface area contributed by atoms with Crippen LogP contribution in [0.25, 0.3) is 0 Å². The molecule has 2 aliphatic heterocycles. The summed E-state index contributed by atoms with van der Waals surface area (Å²) in [7, 11) is 1.96. The molecule has 0 radical (unpaired) electrons. The van der Waals surface area contributed by atoms with Gasteiger partial charge in [-0.05, 0) is 42.2 Å². The molecule has 2 aliphatic rings. The van der Waals surface area contributed by atoms with Crippen LogP contribution in [0.4, 0.5) is 4.39 Å². The summed E-state index contributed by atoms with van der Waals surface area (Å²) in [4.78, 5) is 14.9. The molecule has 144 valence electrons. The first-order valence-corrected chi connectivity index (χ1v) is 9.64. The predicted octanol–water partition coefficient (Wildman–Crippen LogP) is 2.63. The van der Waals surface area contributed by atoms with Crippen LogP contribution in [0.3, 0.4) is 0 Å². The van der Waals surface area contributed by atoms with Gasteiger partial charge in [-0.15, -0.1) is 0 Å². The van der Waals surface area contributed by atoms with Gasteiger partial charge in [-0.2, -0.15) is 0 Å². The number of nitrogens with one attached hydrogen (secondary N) is 1. The van der Waals surface area contributed by atoms with Gasteiger partial charge in [0.25, 0.3) is 5.91 Å². The zero-order valence-electron chi connectivity index (χ0n) is 15.7. The van der Waals surface area contributed by atoms with Gasteiger partial charge < -0.3 is 14.6 Å². The molecule has 0 spiro atoms. The number of carbonyl (C=O) groups is 1. The highest BCUT2D eigenvalue weighted by molar-refractivity contribution is 5.93. The third kappa shape index (κ3) is 4.06. The molecular weight excluding hydrogens is 345 g/mol. The lowest BCUT2D eigenvalue weighted by Crippen LogP contribution is -2.33. The Morgan fingerprint density at radius 2 is 2.26 bits per heavy atom. The van der Waals surface area contributed by atoms with Crippen molar-refractivity contribution in [1.82, 2.24) is 14.8 Å². The summed E-state index contributed by atoms with van der Waals surface area (Å²) in [6, 6.07) is 8.76. The van der Waals surface area contributed by atoms with E-state index in [-0.39, 0.29) is 17.8 Å². The van der Waals surface area contributed by atoms with E-state index in [4.69, 9.17) is 4.74 Å². The molecule has 1 atom stereocenters. The van der Waals surface area contributed by atoms with Crippen LogP contribution in [0.2, 0.25) is 0 Å². The second-order valence-corrected chi connectivity index (χ2v) is 7.50. The average molecular weight is 371 g/mol. The number of amides is 1. The quantitative estimate of drug-likeness (QED) is 0.879. The molecule has 1 fully saturated rings. The summed E-state index contributed by atoms with van der Waals surface area (Å²) in [5, 5.41) is 3.01. The number of hydrogen-bond acceptors (Lipinski definition) is 3. The third-order valence-corrected chi connectivity index (χ3v) is 5.55. The summed E-state index contributed by atoms with van der Waals surface area (Å²) < 4.78 is 21.0. The molecule has 4 rings (SSSR count). The van der Waals surface area contributed by atoms with E-state index in [1.807, 2.05) is 23.7 Å². The minimum absolute atomic E-state index is 0.0425. The number of nitrogens with zero attached hydrogens (tertiary/aromatic N) is 2. The molecule has 5 nitrogen and oxygen atoms in total. The monoisotopic (exact) mass is 371 g/mol. The van der Waals surface area contributed by atoms with Crippen molar-refractivity contribution >= 4 is 5.91 Å². The molecule has 1 amide bonds. The van der Waals surface area contributed by atoms with Gasteiger partial charge in [0.05, 0.1) is 6.10 Å². The van der Waals surface area contributed by atoms with Crippen LogP contribution in [0, 0.1) is 5.82 Å². The number of halogens is 1. The fraction of sp³-hybridized carbons (Fsp3) is 0.476. The van der Waals surface area contributed by atoms with Gasteiger partial charge in [-0.1, -0.05) is 12.1 Å². The molecule has 0 aliphatic carbocycles. The maximum atomic E-state index is 13.4. The molecule has 1 aromatic heterocycles. The molecule has 0 saturated carbocycles. The lowest BCUT2D eigenvalue weighted by Gasteiger charge is -2.27. The number of aromatic nitrogens is 1. The van der Waals surface area contributed by atoms with Crippen LogP contribution in [0.1, 0.15) is 40.2 Å². The topological polar surface area (TPSA) is 46.5 Å². The lowest BCUT2D eigenvalue weighted by molar-refractivity contribution is 0.0851. The highest BCUT2D eigenvalue weighted by Gasteiger charge is 2.24. The Labute approximate surface area is 159 Å². The SMILES string of the molecule is Cn1c(C(=O)NC[C@@H]2CCCO2)cc2c1CCN(Cc1cccc(F)c1)C2. The summed E-state index contributed by atoms with van der Waals surface area (Å²) in [5.41, 5.74) is 4.07. The average Bonchev–Trinajstić information content (AvgIpc) is 3.28. The minimum atomic E-state index is -0.199. The van der Waals surface area contributed by atoms with Gasteiger partial charge in [-0.25, -0.2) is 4.39 Å². The highest BCUT2D eigenvalue weighted by Crippen LogP contribution is 2.24. The lowest BCUT2D eigenvalue weighted by atomic mass is 10.1. The van der Waals surface area contributed by atoms with Crippen LogP contribution in [-0.4, -0.2) is 41.2 Å². The molecule has 1 aromatic carbocycles. The molecule has 0 bridgehead atoms. The predicted molar refractivity (Wildman–Crippen MR) is 101 cm³/mol. The smallest absolute Gasteiger partial charge is 0.268 e. The van der Waals surface area contributed by atoms with Crippen LogP contribution >= 0.6 is 0 Å². The van der Waals surface area contributed by atoms with Gasteiger partial charge in [-0.3, -0.25) is 9.69 Å². The van der Waals surface area contributed by atoms with E-state index < -0.39 is 0 Å². The summed E-state index contributed by atoms with van der Waals surface area (Å²) in [6.07, 6.45) is 3.12. The standard InChI is InChI=1S/C21H26FN3O2/c1-24-19-7-8-25(13-15-4-2-5-17(22)10-15)14-16(19)11-20(24)21(26)23-12-18-6-3-9-27-18/h2,4-5,10-11,18H,3,6-9,12-14H2,1H3,(H,23,26)/t18-/m0/s1. The molecule has 1 saturated heterocycles. The second-order valence-electron chi connectivity index (χ2n) is 7.50. The molecular formula is C21H26FN3O2. The number of rotatable bonds is 5. The number of carbonyl (C=O) groups excluding carboxylic acids is 1. The first-order valence-electron chi connectivity index (χ1n) is 9.64. The minimum Gasteiger partial charge on any atom is -0.376 e. The Kier molecular flexibility index (Phi) is 5.27. The van der Waals surface area contributed by atoms with E-state index in [1.165, 1.54) is 17.3 Å². The van der Waals surface area contributed by atoms with E-state index in [2.05, 4.69) is 10.2 Å². The van der Waals surface area contributed by atoms with Crippen molar-refractivity contribution in [2.75, 3.05) is 19.7 Å². The van der Waals surface area contributed by atoms with Crippen LogP contribution < -0.4 is 5.32 Å². The van der Waals surface area contributed by atoms with Crippen molar-refractivity contribution in [3.05, 3.63) is 58.7 Å². The van der Waals surface area contributed by atoms with Crippen LogP contribution in [0.15, 0.2) is 30.3 Å². The third-order valence-electron chi connectivity index (χ3n) is 5.55. The van der Waals surface area contributed by atoms with E-state index in [9.17, 15) is 9.18 Å². The second kappa shape index (κ2) is 7.82. The van der Waals surface area contributed by atoms with Gasteiger partial charge in [0, 0.05) is 51.9 Å². The Balaban J connectivity index is 1.41. The molecule has 6 heteroatoms. The van der Waals surface area contributed by atoms with Crippen molar-refractivity contribution < 1.29 is 13.9 Å².